The highest BCUT2D eigenvalue weighted by Gasteiger charge is 2.05. The zero-order chi connectivity index (χ0) is 13.0. The number of nitrogens with zero attached hydrogens (tertiary/aromatic N) is 3. The van der Waals surface area contributed by atoms with Crippen molar-refractivity contribution in [2.45, 2.75) is 6.54 Å². The Hall–Kier alpha value is -2.00. The van der Waals surface area contributed by atoms with Crippen LogP contribution in [0.2, 0.25) is 0 Å². The number of benzene rings is 1. The van der Waals surface area contributed by atoms with Crippen molar-refractivity contribution in [1.82, 2.24) is 9.97 Å². The van der Waals surface area contributed by atoms with Crippen LogP contribution in [0, 0.1) is 17.1 Å². The van der Waals surface area contributed by atoms with Gasteiger partial charge in [-0.15, -0.1) is 0 Å². The normalized spacial score (nSPS) is 9.83. The van der Waals surface area contributed by atoms with E-state index in [1.54, 1.807) is 18.3 Å². The van der Waals surface area contributed by atoms with Gasteiger partial charge in [-0.25, -0.2) is 14.4 Å². The maximum atomic E-state index is 13.6. The predicted molar refractivity (Wildman–Crippen MR) is 68.2 cm³/mol. The fourth-order valence-electron chi connectivity index (χ4n) is 1.38. The molecular formula is C12H8BrFN4. The average molecular weight is 307 g/mol. The van der Waals surface area contributed by atoms with E-state index >= 15 is 0 Å². The smallest absolute Gasteiger partial charge is 0.144 e. The summed E-state index contributed by atoms with van der Waals surface area (Å²) in [6.07, 6.45) is 3.01. The topological polar surface area (TPSA) is 61.6 Å². The van der Waals surface area contributed by atoms with E-state index < -0.39 is 5.82 Å². The molecule has 2 rings (SSSR count). The summed E-state index contributed by atoms with van der Waals surface area (Å²) >= 11 is 3.29. The van der Waals surface area contributed by atoms with Gasteiger partial charge in [-0.05, 0) is 28.1 Å². The molecule has 0 amide bonds. The molecule has 1 aromatic carbocycles. The number of hydrogen-bond acceptors (Lipinski definition) is 4. The second-order valence-corrected chi connectivity index (χ2v) is 4.35. The zero-order valence-corrected chi connectivity index (χ0v) is 10.8. The molecule has 0 aliphatic heterocycles. The first-order valence-electron chi connectivity index (χ1n) is 5.08. The molecule has 0 unspecified atom stereocenters. The highest BCUT2D eigenvalue weighted by molar-refractivity contribution is 9.10. The van der Waals surface area contributed by atoms with Gasteiger partial charge in [0.15, 0.2) is 0 Å². The second kappa shape index (κ2) is 5.56. The molecule has 0 fully saturated rings. The Morgan fingerprint density at radius 3 is 2.94 bits per heavy atom. The zero-order valence-electron chi connectivity index (χ0n) is 9.19. The van der Waals surface area contributed by atoms with Gasteiger partial charge in [0.2, 0.25) is 0 Å². The number of nitriles is 1. The third kappa shape index (κ3) is 2.81. The molecule has 18 heavy (non-hydrogen) atoms. The third-order valence-electron chi connectivity index (χ3n) is 2.30. The van der Waals surface area contributed by atoms with Gasteiger partial charge in [0.25, 0.3) is 0 Å². The van der Waals surface area contributed by atoms with Crippen LogP contribution in [0.25, 0.3) is 0 Å². The van der Waals surface area contributed by atoms with Crippen molar-refractivity contribution in [3.63, 3.8) is 0 Å². The lowest BCUT2D eigenvalue weighted by atomic mass is 10.1. The summed E-state index contributed by atoms with van der Waals surface area (Å²) in [5.74, 6) is 0.181. The quantitative estimate of drug-likeness (QED) is 0.947. The summed E-state index contributed by atoms with van der Waals surface area (Å²) in [5, 5.41) is 11.6. The monoisotopic (exact) mass is 306 g/mol. The van der Waals surface area contributed by atoms with Gasteiger partial charge in [0.05, 0.1) is 16.1 Å². The van der Waals surface area contributed by atoms with E-state index in [2.05, 4.69) is 31.2 Å². The van der Waals surface area contributed by atoms with Crippen molar-refractivity contribution in [3.8, 4) is 6.07 Å². The number of rotatable bonds is 3. The lowest BCUT2D eigenvalue weighted by molar-refractivity contribution is 0.612. The molecule has 1 N–H and O–H groups in total. The van der Waals surface area contributed by atoms with Gasteiger partial charge < -0.3 is 5.32 Å². The summed E-state index contributed by atoms with van der Waals surface area (Å²) in [5.41, 5.74) is 0.777. The van der Waals surface area contributed by atoms with Crippen LogP contribution in [0.4, 0.5) is 10.2 Å². The first kappa shape index (κ1) is 12.5. The molecule has 0 aliphatic rings. The molecule has 90 valence electrons. The highest BCUT2D eigenvalue weighted by Crippen LogP contribution is 2.18. The third-order valence-corrected chi connectivity index (χ3v) is 2.88. The van der Waals surface area contributed by atoms with Crippen molar-refractivity contribution in [1.29, 1.82) is 5.26 Å². The number of anilines is 1. The van der Waals surface area contributed by atoms with E-state index in [-0.39, 0.29) is 6.54 Å². The predicted octanol–water partition coefficient (Wildman–Crippen LogP) is 2.86. The van der Waals surface area contributed by atoms with Crippen LogP contribution in [-0.4, -0.2) is 9.97 Å². The molecule has 0 saturated carbocycles. The Bertz CT molecular complexity index is 609. The van der Waals surface area contributed by atoms with Crippen molar-refractivity contribution in [3.05, 3.63) is 52.1 Å². The first-order chi connectivity index (χ1) is 8.70. The summed E-state index contributed by atoms with van der Waals surface area (Å²) in [7, 11) is 0. The molecule has 0 spiro atoms. The number of nitrogens with one attached hydrogen (secondary N) is 1. The number of aromatic nitrogens is 2. The Morgan fingerprint density at radius 2 is 2.28 bits per heavy atom. The Labute approximate surface area is 112 Å². The molecule has 6 heteroatoms. The van der Waals surface area contributed by atoms with E-state index in [4.69, 9.17) is 5.26 Å². The maximum absolute atomic E-state index is 13.6. The minimum absolute atomic E-state index is 0.285. The van der Waals surface area contributed by atoms with Crippen molar-refractivity contribution < 1.29 is 4.39 Å². The standard InChI is InChI=1S/C12H8BrFN4/c13-10-6-16-7-18-12(10)17-5-9-2-1-8(4-15)3-11(9)14/h1-3,6-7H,5H2,(H,16,17,18). The fraction of sp³-hybridized carbons (Fsp3) is 0.0833. The SMILES string of the molecule is N#Cc1ccc(CNc2ncncc2Br)c(F)c1. The van der Waals surface area contributed by atoms with Gasteiger partial charge in [0, 0.05) is 18.3 Å². The van der Waals surface area contributed by atoms with Crippen LogP contribution < -0.4 is 5.32 Å². The minimum Gasteiger partial charge on any atom is -0.365 e. The summed E-state index contributed by atoms with van der Waals surface area (Å²) < 4.78 is 14.3. The molecule has 4 nitrogen and oxygen atoms in total. The van der Waals surface area contributed by atoms with Crippen LogP contribution >= 0.6 is 15.9 Å². The van der Waals surface area contributed by atoms with Crippen molar-refractivity contribution >= 4 is 21.7 Å². The summed E-state index contributed by atoms with van der Waals surface area (Å²) in [6, 6.07) is 6.26. The largest absolute Gasteiger partial charge is 0.365 e. The van der Waals surface area contributed by atoms with Gasteiger partial charge >= 0.3 is 0 Å². The molecule has 1 heterocycles. The highest BCUT2D eigenvalue weighted by atomic mass is 79.9. The first-order valence-corrected chi connectivity index (χ1v) is 5.88. The lowest BCUT2D eigenvalue weighted by Crippen LogP contribution is -2.04. The minimum atomic E-state index is -0.410. The second-order valence-electron chi connectivity index (χ2n) is 3.49. The van der Waals surface area contributed by atoms with E-state index in [0.29, 0.717) is 21.4 Å². The molecule has 0 aliphatic carbocycles. The average Bonchev–Trinajstić information content (AvgIpc) is 2.39. The molecular weight excluding hydrogens is 299 g/mol. The molecule has 2 aromatic rings. The Morgan fingerprint density at radius 1 is 1.44 bits per heavy atom. The molecule has 0 radical (unpaired) electrons. The van der Waals surface area contributed by atoms with Crippen LogP contribution in [0.5, 0.6) is 0 Å². The molecule has 0 bridgehead atoms. The van der Waals surface area contributed by atoms with E-state index in [9.17, 15) is 4.39 Å². The Balaban J connectivity index is 2.12. The van der Waals surface area contributed by atoms with E-state index in [1.807, 2.05) is 6.07 Å². The van der Waals surface area contributed by atoms with Gasteiger partial charge in [-0.1, -0.05) is 6.07 Å². The van der Waals surface area contributed by atoms with Crippen molar-refractivity contribution in [2.24, 2.45) is 0 Å². The number of halogens is 2. The molecule has 0 atom stereocenters. The molecule has 0 saturated heterocycles. The Kier molecular flexibility index (Phi) is 3.85. The van der Waals surface area contributed by atoms with E-state index in [1.165, 1.54) is 12.4 Å². The van der Waals surface area contributed by atoms with Crippen LogP contribution in [0.3, 0.4) is 0 Å². The summed E-state index contributed by atoms with van der Waals surface area (Å²) in [4.78, 5) is 7.84. The van der Waals surface area contributed by atoms with E-state index in [0.717, 1.165) is 0 Å². The van der Waals surface area contributed by atoms with Crippen LogP contribution in [0.15, 0.2) is 35.2 Å². The van der Waals surface area contributed by atoms with Crippen LogP contribution in [0.1, 0.15) is 11.1 Å². The van der Waals surface area contributed by atoms with Gasteiger partial charge in [-0.2, -0.15) is 5.26 Å². The van der Waals surface area contributed by atoms with Crippen LogP contribution in [-0.2, 0) is 6.54 Å². The van der Waals surface area contributed by atoms with Gasteiger partial charge in [0.1, 0.15) is 18.0 Å². The van der Waals surface area contributed by atoms with Crippen molar-refractivity contribution in [2.75, 3.05) is 5.32 Å². The molecule has 1 aromatic heterocycles. The van der Waals surface area contributed by atoms with Gasteiger partial charge in [-0.3, -0.25) is 0 Å². The maximum Gasteiger partial charge on any atom is 0.144 e. The fourth-order valence-corrected chi connectivity index (χ4v) is 1.74. The summed E-state index contributed by atoms with van der Waals surface area (Å²) in [6.45, 7) is 0.285. The lowest BCUT2D eigenvalue weighted by Gasteiger charge is -2.07. The number of hydrogen-bond donors (Lipinski definition) is 1.